The smallest absolute Gasteiger partial charge is 0.253 e. The number of aromatic amines is 1. The topological polar surface area (TPSA) is 41.0 Å². The van der Waals surface area contributed by atoms with Crippen molar-refractivity contribution >= 4 is 34.1 Å². The molecule has 0 aliphatic rings. The molecule has 3 aromatic rings. The van der Waals surface area contributed by atoms with Crippen molar-refractivity contribution in [3.8, 4) is 5.69 Å². The Morgan fingerprint density at radius 2 is 2.00 bits per heavy atom. The lowest BCUT2D eigenvalue weighted by molar-refractivity contribution is 0.0784. The molecule has 0 spiro atoms. The van der Waals surface area contributed by atoms with Gasteiger partial charge >= 0.3 is 0 Å². The van der Waals surface area contributed by atoms with Crippen LogP contribution in [-0.2, 0) is 6.54 Å². The summed E-state index contributed by atoms with van der Waals surface area (Å²) in [5, 5.41) is 0. The van der Waals surface area contributed by atoms with E-state index < -0.39 is 0 Å². The van der Waals surface area contributed by atoms with Crippen LogP contribution in [0.4, 0.5) is 4.39 Å². The highest BCUT2D eigenvalue weighted by Crippen LogP contribution is 2.18. The molecule has 0 atom stereocenters. The summed E-state index contributed by atoms with van der Waals surface area (Å²) in [6.07, 6.45) is 3.57. The number of aromatic nitrogens is 2. The van der Waals surface area contributed by atoms with Crippen molar-refractivity contribution in [2.24, 2.45) is 0 Å². The Bertz CT molecular complexity index is 965. The van der Waals surface area contributed by atoms with E-state index in [2.05, 4.69) is 20.9 Å². The van der Waals surface area contributed by atoms with Gasteiger partial charge in [-0.3, -0.25) is 9.36 Å². The number of carbonyl (C=O) groups is 1. The van der Waals surface area contributed by atoms with Crippen molar-refractivity contribution in [1.29, 1.82) is 0 Å². The van der Waals surface area contributed by atoms with Gasteiger partial charge in [0.2, 0.25) is 0 Å². The van der Waals surface area contributed by atoms with Gasteiger partial charge in [0, 0.05) is 47.3 Å². The third kappa shape index (κ3) is 3.88. The van der Waals surface area contributed by atoms with Gasteiger partial charge in [-0.05, 0) is 54.7 Å². The minimum atomic E-state index is -0.333. The fraction of sp³-hybridized carbons (Fsp3) is 0.111. The van der Waals surface area contributed by atoms with E-state index in [-0.39, 0.29) is 18.3 Å². The second-order valence-electron chi connectivity index (χ2n) is 5.58. The van der Waals surface area contributed by atoms with Gasteiger partial charge in [0.25, 0.3) is 5.91 Å². The lowest BCUT2D eigenvalue weighted by Gasteiger charge is -2.18. The molecule has 1 aromatic heterocycles. The summed E-state index contributed by atoms with van der Waals surface area (Å²) in [6, 6.07) is 11.8. The molecule has 128 valence electrons. The van der Waals surface area contributed by atoms with Crippen molar-refractivity contribution in [1.82, 2.24) is 14.5 Å². The lowest BCUT2D eigenvalue weighted by atomic mass is 10.1. The van der Waals surface area contributed by atoms with Gasteiger partial charge in [0.05, 0.1) is 0 Å². The van der Waals surface area contributed by atoms with Crippen molar-refractivity contribution < 1.29 is 9.18 Å². The molecule has 0 unspecified atom stereocenters. The first-order chi connectivity index (χ1) is 12.0. The zero-order valence-electron chi connectivity index (χ0n) is 13.4. The Labute approximate surface area is 158 Å². The number of imidazole rings is 1. The van der Waals surface area contributed by atoms with E-state index in [1.165, 1.54) is 11.0 Å². The minimum Gasteiger partial charge on any atom is -0.337 e. The first-order valence-electron chi connectivity index (χ1n) is 7.51. The number of hydrogen-bond acceptors (Lipinski definition) is 2. The molecule has 3 rings (SSSR count). The van der Waals surface area contributed by atoms with Crippen LogP contribution in [0.3, 0.4) is 0 Å². The number of halogens is 2. The van der Waals surface area contributed by atoms with Crippen LogP contribution in [-0.4, -0.2) is 27.4 Å². The maximum absolute atomic E-state index is 13.9. The fourth-order valence-corrected chi connectivity index (χ4v) is 3.14. The second-order valence-corrected chi connectivity index (χ2v) is 6.88. The molecule has 0 radical (unpaired) electrons. The molecule has 0 saturated carbocycles. The van der Waals surface area contributed by atoms with Gasteiger partial charge < -0.3 is 9.88 Å². The molecule has 0 aliphatic carbocycles. The van der Waals surface area contributed by atoms with Crippen molar-refractivity contribution in [3.05, 3.63) is 81.0 Å². The number of carbonyl (C=O) groups excluding carboxylic acids is 1. The quantitative estimate of drug-likeness (QED) is 0.622. The van der Waals surface area contributed by atoms with E-state index in [1.54, 1.807) is 37.5 Å². The van der Waals surface area contributed by atoms with E-state index in [9.17, 15) is 9.18 Å². The standard InChI is InChI=1S/C18H15BrFN3OS/c1-22(11-13-10-14(19)4-7-16(13)20)17(24)12-2-5-15(6-3-12)23-9-8-21-18(23)25/h2-10H,11H2,1H3,(H,21,25). The van der Waals surface area contributed by atoms with Crippen LogP contribution in [0.15, 0.2) is 59.3 Å². The normalized spacial score (nSPS) is 10.7. The Hall–Kier alpha value is -2.25. The van der Waals surface area contributed by atoms with E-state index in [4.69, 9.17) is 12.2 Å². The average molecular weight is 420 g/mol. The number of hydrogen-bond donors (Lipinski definition) is 1. The predicted molar refractivity (Wildman–Crippen MR) is 101 cm³/mol. The highest BCUT2D eigenvalue weighted by Gasteiger charge is 2.14. The highest BCUT2D eigenvalue weighted by atomic mass is 79.9. The van der Waals surface area contributed by atoms with E-state index in [1.807, 2.05) is 22.9 Å². The Morgan fingerprint density at radius 3 is 2.64 bits per heavy atom. The summed E-state index contributed by atoms with van der Waals surface area (Å²) in [7, 11) is 1.65. The molecular formula is C18H15BrFN3OS. The Balaban J connectivity index is 1.77. The summed E-state index contributed by atoms with van der Waals surface area (Å²) >= 11 is 8.50. The minimum absolute atomic E-state index is 0.177. The van der Waals surface area contributed by atoms with E-state index in [0.717, 1.165) is 10.2 Å². The van der Waals surface area contributed by atoms with Crippen LogP contribution in [0.5, 0.6) is 0 Å². The number of amides is 1. The molecule has 0 saturated heterocycles. The molecule has 7 heteroatoms. The summed E-state index contributed by atoms with van der Waals surface area (Å²) in [6.45, 7) is 0.189. The monoisotopic (exact) mass is 419 g/mol. The van der Waals surface area contributed by atoms with Crippen molar-refractivity contribution in [2.45, 2.75) is 6.54 Å². The number of H-pyrrole nitrogens is 1. The SMILES string of the molecule is CN(Cc1cc(Br)ccc1F)C(=O)c1ccc(-n2cc[nH]c2=S)cc1. The predicted octanol–water partition coefficient (Wildman–Crippen LogP) is 4.71. The zero-order valence-corrected chi connectivity index (χ0v) is 15.8. The fourth-order valence-electron chi connectivity index (χ4n) is 2.50. The molecule has 1 amide bonds. The van der Waals surface area contributed by atoms with Gasteiger partial charge in [-0.25, -0.2) is 4.39 Å². The molecule has 0 bridgehead atoms. The highest BCUT2D eigenvalue weighted by molar-refractivity contribution is 9.10. The summed E-state index contributed by atoms with van der Waals surface area (Å²) in [5.41, 5.74) is 1.85. The largest absolute Gasteiger partial charge is 0.337 e. The van der Waals surface area contributed by atoms with Gasteiger partial charge in [-0.2, -0.15) is 0 Å². The first kappa shape index (κ1) is 17.6. The third-order valence-corrected chi connectivity index (χ3v) is 4.61. The molecule has 25 heavy (non-hydrogen) atoms. The Kier molecular flexibility index (Phi) is 5.15. The summed E-state index contributed by atoms with van der Waals surface area (Å²) in [4.78, 5) is 17.0. The molecule has 0 fully saturated rings. The third-order valence-electron chi connectivity index (χ3n) is 3.80. The number of nitrogens with zero attached hydrogens (tertiary/aromatic N) is 2. The molecule has 1 N–H and O–H groups in total. The van der Waals surface area contributed by atoms with Crippen LogP contribution in [0.1, 0.15) is 15.9 Å². The van der Waals surface area contributed by atoms with Gasteiger partial charge in [-0.1, -0.05) is 15.9 Å². The van der Waals surface area contributed by atoms with Crippen molar-refractivity contribution in [2.75, 3.05) is 7.05 Å². The molecule has 0 aliphatic heterocycles. The van der Waals surface area contributed by atoms with Gasteiger partial charge in [0.1, 0.15) is 5.82 Å². The molecule has 2 aromatic carbocycles. The van der Waals surface area contributed by atoms with Gasteiger partial charge in [0.15, 0.2) is 4.77 Å². The van der Waals surface area contributed by atoms with Crippen LogP contribution in [0.2, 0.25) is 0 Å². The summed E-state index contributed by atoms with van der Waals surface area (Å²) < 4.78 is 17.0. The lowest BCUT2D eigenvalue weighted by Crippen LogP contribution is -2.26. The summed E-state index contributed by atoms with van der Waals surface area (Å²) in [5.74, 6) is -0.511. The molecule has 1 heterocycles. The van der Waals surface area contributed by atoms with E-state index in [0.29, 0.717) is 15.9 Å². The van der Waals surface area contributed by atoms with Crippen molar-refractivity contribution in [3.63, 3.8) is 0 Å². The van der Waals surface area contributed by atoms with Crippen LogP contribution in [0.25, 0.3) is 5.69 Å². The number of benzene rings is 2. The van der Waals surface area contributed by atoms with Crippen LogP contribution in [0, 0.1) is 10.6 Å². The Morgan fingerprint density at radius 1 is 1.28 bits per heavy atom. The van der Waals surface area contributed by atoms with Gasteiger partial charge in [-0.15, -0.1) is 0 Å². The number of rotatable bonds is 4. The maximum Gasteiger partial charge on any atom is 0.253 e. The molecular weight excluding hydrogens is 405 g/mol. The first-order valence-corrected chi connectivity index (χ1v) is 8.71. The molecule has 4 nitrogen and oxygen atoms in total. The maximum atomic E-state index is 13.9. The van der Waals surface area contributed by atoms with Crippen LogP contribution >= 0.6 is 28.1 Å². The van der Waals surface area contributed by atoms with E-state index >= 15 is 0 Å². The zero-order chi connectivity index (χ0) is 18.0. The second kappa shape index (κ2) is 7.33. The number of nitrogens with one attached hydrogen (secondary N) is 1. The average Bonchev–Trinajstić information content (AvgIpc) is 3.03. The van der Waals surface area contributed by atoms with Crippen LogP contribution < -0.4 is 0 Å².